The molecule has 11 heavy (non-hydrogen) atoms. The molecule has 0 aliphatic heterocycles. The van der Waals surface area contributed by atoms with E-state index in [0.717, 1.165) is 17.9 Å². The van der Waals surface area contributed by atoms with Gasteiger partial charge >= 0.3 is 0 Å². The van der Waals surface area contributed by atoms with Gasteiger partial charge in [0.05, 0.1) is 0 Å². The molecule has 2 nitrogen and oxygen atoms in total. The third-order valence-electron chi connectivity index (χ3n) is 1.60. The van der Waals surface area contributed by atoms with Gasteiger partial charge in [-0.1, -0.05) is 13.3 Å². The number of unbranched alkanes of at least 4 members (excludes halogenated alkanes) is 1. The van der Waals surface area contributed by atoms with Crippen LogP contribution in [0, 0.1) is 6.92 Å². The molecule has 1 aromatic heterocycles. The molecule has 1 heterocycles. The Morgan fingerprint density at radius 1 is 1.45 bits per heavy atom. The SMILES string of the molecule is CCCCc1nccc(C)n1. The van der Waals surface area contributed by atoms with Crippen molar-refractivity contribution < 1.29 is 0 Å². The zero-order valence-corrected chi connectivity index (χ0v) is 7.17. The van der Waals surface area contributed by atoms with Gasteiger partial charge in [0.1, 0.15) is 5.82 Å². The van der Waals surface area contributed by atoms with Crippen LogP contribution in [0.25, 0.3) is 0 Å². The maximum absolute atomic E-state index is 4.30. The Bertz CT molecular complexity index is 221. The summed E-state index contributed by atoms with van der Waals surface area (Å²) in [5.74, 6) is 0.979. The Balaban J connectivity index is 2.56. The highest BCUT2D eigenvalue weighted by Gasteiger charge is 1.94. The highest BCUT2D eigenvalue weighted by atomic mass is 14.9. The van der Waals surface area contributed by atoms with Crippen LogP contribution in [-0.2, 0) is 6.42 Å². The number of rotatable bonds is 3. The number of nitrogens with zero attached hydrogens (tertiary/aromatic N) is 2. The molecule has 1 rings (SSSR count). The molecule has 0 saturated heterocycles. The van der Waals surface area contributed by atoms with Gasteiger partial charge < -0.3 is 0 Å². The second-order valence-electron chi connectivity index (χ2n) is 2.72. The average molecular weight is 150 g/mol. The van der Waals surface area contributed by atoms with Crippen LogP contribution < -0.4 is 0 Å². The minimum absolute atomic E-state index is 0.979. The maximum Gasteiger partial charge on any atom is 0.128 e. The molecule has 0 aromatic carbocycles. The Labute approximate surface area is 67.7 Å². The monoisotopic (exact) mass is 150 g/mol. The first-order chi connectivity index (χ1) is 5.33. The van der Waals surface area contributed by atoms with Crippen molar-refractivity contribution in [1.82, 2.24) is 9.97 Å². The molecule has 60 valence electrons. The van der Waals surface area contributed by atoms with Gasteiger partial charge in [-0.05, 0) is 19.4 Å². The van der Waals surface area contributed by atoms with Gasteiger partial charge in [-0.15, -0.1) is 0 Å². The van der Waals surface area contributed by atoms with Crippen molar-refractivity contribution >= 4 is 0 Å². The average Bonchev–Trinajstić information content (AvgIpc) is 2.01. The highest BCUT2D eigenvalue weighted by Crippen LogP contribution is 1.98. The van der Waals surface area contributed by atoms with Crippen molar-refractivity contribution in [2.24, 2.45) is 0 Å². The fourth-order valence-corrected chi connectivity index (χ4v) is 0.956. The predicted molar refractivity (Wildman–Crippen MR) is 45.4 cm³/mol. The molecule has 0 atom stereocenters. The summed E-state index contributed by atoms with van der Waals surface area (Å²) in [5, 5.41) is 0. The van der Waals surface area contributed by atoms with E-state index in [9.17, 15) is 0 Å². The lowest BCUT2D eigenvalue weighted by Gasteiger charge is -1.97. The fraction of sp³-hybridized carbons (Fsp3) is 0.556. The van der Waals surface area contributed by atoms with E-state index >= 15 is 0 Å². The van der Waals surface area contributed by atoms with Gasteiger partial charge in [0, 0.05) is 18.3 Å². The van der Waals surface area contributed by atoms with Gasteiger partial charge in [-0.3, -0.25) is 0 Å². The third kappa shape index (κ3) is 2.66. The van der Waals surface area contributed by atoms with E-state index in [1.807, 2.05) is 19.2 Å². The summed E-state index contributed by atoms with van der Waals surface area (Å²) in [6.45, 7) is 4.17. The summed E-state index contributed by atoms with van der Waals surface area (Å²) in [6.07, 6.45) is 5.23. The van der Waals surface area contributed by atoms with Gasteiger partial charge in [-0.2, -0.15) is 0 Å². The van der Waals surface area contributed by atoms with Crippen molar-refractivity contribution in [2.45, 2.75) is 33.1 Å². The summed E-state index contributed by atoms with van der Waals surface area (Å²) in [7, 11) is 0. The first-order valence-corrected chi connectivity index (χ1v) is 4.11. The molecular formula is C9H14N2. The Kier molecular flexibility index (Phi) is 3.02. The third-order valence-corrected chi connectivity index (χ3v) is 1.60. The van der Waals surface area contributed by atoms with Crippen LogP contribution in [0.2, 0.25) is 0 Å². The smallest absolute Gasteiger partial charge is 0.128 e. The van der Waals surface area contributed by atoms with Crippen LogP contribution in [0.4, 0.5) is 0 Å². The van der Waals surface area contributed by atoms with Crippen LogP contribution in [0.3, 0.4) is 0 Å². The van der Waals surface area contributed by atoms with E-state index < -0.39 is 0 Å². The van der Waals surface area contributed by atoms with Gasteiger partial charge in [0.15, 0.2) is 0 Å². The van der Waals surface area contributed by atoms with E-state index in [-0.39, 0.29) is 0 Å². The molecule has 0 unspecified atom stereocenters. The van der Waals surface area contributed by atoms with Gasteiger partial charge in [0.2, 0.25) is 0 Å². The van der Waals surface area contributed by atoms with Gasteiger partial charge in [-0.25, -0.2) is 9.97 Å². The summed E-state index contributed by atoms with van der Waals surface area (Å²) in [6, 6.07) is 1.93. The van der Waals surface area contributed by atoms with E-state index in [4.69, 9.17) is 0 Å². The molecule has 0 spiro atoms. The molecule has 2 heteroatoms. The van der Waals surface area contributed by atoms with Gasteiger partial charge in [0.25, 0.3) is 0 Å². The standard InChI is InChI=1S/C9H14N2/c1-3-4-5-9-10-7-6-8(2)11-9/h6-7H,3-5H2,1-2H3. The molecule has 0 saturated carbocycles. The van der Waals surface area contributed by atoms with Crippen molar-refractivity contribution in [3.8, 4) is 0 Å². The van der Waals surface area contributed by atoms with E-state index in [1.165, 1.54) is 12.8 Å². The Morgan fingerprint density at radius 3 is 2.91 bits per heavy atom. The molecule has 0 aliphatic rings. The Hall–Kier alpha value is -0.920. The van der Waals surface area contributed by atoms with Crippen LogP contribution in [0.15, 0.2) is 12.3 Å². The van der Waals surface area contributed by atoms with E-state index in [1.54, 1.807) is 0 Å². The number of aryl methyl sites for hydroxylation is 2. The highest BCUT2D eigenvalue weighted by molar-refractivity contribution is 4.99. The van der Waals surface area contributed by atoms with Crippen LogP contribution >= 0.6 is 0 Å². The van der Waals surface area contributed by atoms with Crippen molar-refractivity contribution in [3.05, 3.63) is 23.8 Å². The van der Waals surface area contributed by atoms with E-state index in [2.05, 4.69) is 16.9 Å². The first-order valence-electron chi connectivity index (χ1n) is 4.11. The van der Waals surface area contributed by atoms with Crippen molar-refractivity contribution in [2.75, 3.05) is 0 Å². The zero-order chi connectivity index (χ0) is 8.10. The number of aromatic nitrogens is 2. The summed E-state index contributed by atoms with van der Waals surface area (Å²) < 4.78 is 0. The normalized spacial score (nSPS) is 10.0. The summed E-state index contributed by atoms with van der Waals surface area (Å²) in [4.78, 5) is 8.47. The minimum Gasteiger partial charge on any atom is -0.241 e. The van der Waals surface area contributed by atoms with Crippen LogP contribution in [-0.4, -0.2) is 9.97 Å². The number of hydrogen-bond donors (Lipinski definition) is 0. The molecular weight excluding hydrogens is 136 g/mol. The molecule has 0 radical (unpaired) electrons. The summed E-state index contributed by atoms with van der Waals surface area (Å²) in [5.41, 5.74) is 1.06. The first kappa shape index (κ1) is 8.18. The zero-order valence-electron chi connectivity index (χ0n) is 7.17. The largest absolute Gasteiger partial charge is 0.241 e. The second kappa shape index (κ2) is 4.06. The molecule has 1 aromatic rings. The molecule has 0 fully saturated rings. The topological polar surface area (TPSA) is 25.8 Å². The lowest BCUT2D eigenvalue weighted by atomic mass is 10.2. The fourth-order valence-electron chi connectivity index (χ4n) is 0.956. The molecule has 0 N–H and O–H groups in total. The quantitative estimate of drug-likeness (QED) is 0.659. The lowest BCUT2D eigenvalue weighted by molar-refractivity contribution is 0.748. The molecule has 0 aliphatic carbocycles. The van der Waals surface area contributed by atoms with Crippen molar-refractivity contribution in [1.29, 1.82) is 0 Å². The Morgan fingerprint density at radius 2 is 2.27 bits per heavy atom. The minimum atomic E-state index is 0.979. The molecule has 0 amide bonds. The molecule has 0 bridgehead atoms. The maximum atomic E-state index is 4.30. The van der Waals surface area contributed by atoms with Crippen LogP contribution in [0.5, 0.6) is 0 Å². The van der Waals surface area contributed by atoms with Crippen molar-refractivity contribution in [3.63, 3.8) is 0 Å². The number of hydrogen-bond acceptors (Lipinski definition) is 2. The van der Waals surface area contributed by atoms with E-state index in [0.29, 0.717) is 0 Å². The summed E-state index contributed by atoms with van der Waals surface area (Å²) >= 11 is 0. The van der Waals surface area contributed by atoms with Crippen LogP contribution in [0.1, 0.15) is 31.3 Å². The lowest BCUT2D eigenvalue weighted by Crippen LogP contribution is -1.95. The second-order valence-corrected chi connectivity index (χ2v) is 2.72. The predicted octanol–water partition coefficient (Wildman–Crippen LogP) is 2.13.